The number of ether oxygens (including phenoxy) is 1. The number of hydrogen-bond acceptors (Lipinski definition) is 3. The molecule has 0 saturated carbocycles. The number of benzene rings is 2. The fourth-order valence-electron chi connectivity index (χ4n) is 1.84. The van der Waals surface area contributed by atoms with Crippen molar-refractivity contribution < 1.29 is 14.6 Å². The summed E-state index contributed by atoms with van der Waals surface area (Å²) in [5.74, 6) is 0.625. The average Bonchev–Trinajstić information content (AvgIpc) is 2.53. The van der Waals surface area contributed by atoms with Gasteiger partial charge in [0.1, 0.15) is 11.5 Å². The molecule has 0 aliphatic heterocycles. The van der Waals surface area contributed by atoms with Gasteiger partial charge in [0.2, 0.25) is 5.91 Å². The number of phenolic OH excluding ortho intramolecular Hbond substituents is 1. The number of phenols is 1. The zero-order chi connectivity index (χ0) is 15.8. The van der Waals surface area contributed by atoms with Crippen LogP contribution in [-0.4, -0.2) is 17.6 Å². The molecule has 1 amide bonds. The van der Waals surface area contributed by atoms with Crippen LogP contribution in [0.4, 0.5) is 5.69 Å². The number of anilines is 1. The van der Waals surface area contributed by atoms with E-state index in [4.69, 9.17) is 4.74 Å². The largest absolute Gasteiger partial charge is 0.508 e. The number of carbonyl (C=O) groups is 1. The Balaban J connectivity index is 2.01. The van der Waals surface area contributed by atoms with Crippen molar-refractivity contribution in [3.8, 4) is 11.5 Å². The number of hydrogen-bond donors (Lipinski definition) is 2. The molecule has 2 N–H and O–H groups in total. The number of amides is 1. The van der Waals surface area contributed by atoms with E-state index in [1.807, 2.05) is 25.1 Å². The van der Waals surface area contributed by atoms with Gasteiger partial charge in [-0.25, -0.2) is 0 Å². The standard InChI is InChI=1S/C18H19NO3/c1-2-13-22-17-6-4-3-5-16(17)19-18(21)12-9-14-7-10-15(20)11-8-14/h3-12,20H,2,13H2,1H3,(H,19,21)/b12-9+. The van der Waals surface area contributed by atoms with Gasteiger partial charge in [-0.2, -0.15) is 0 Å². The van der Waals surface area contributed by atoms with E-state index in [-0.39, 0.29) is 11.7 Å². The molecule has 22 heavy (non-hydrogen) atoms. The molecular weight excluding hydrogens is 278 g/mol. The van der Waals surface area contributed by atoms with Crippen LogP contribution in [-0.2, 0) is 4.79 Å². The Bertz CT molecular complexity index is 648. The van der Waals surface area contributed by atoms with Gasteiger partial charge in [0, 0.05) is 6.08 Å². The third-order valence-electron chi connectivity index (χ3n) is 2.93. The van der Waals surface area contributed by atoms with Gasteiger partial charge >= 0.3 is 0 Å². The first-order valence-corrected chi connectivity index (χ1v) is 7.19. The highest BCUT2D eigenvalue weighted by Crippen LogP contribution is 2.23. The van der Waals surface area contributed by atoms with E-state index in [2.05, 4.69) is 5.32 Å². The Morgan fingerprint density at radius 2 is 1.91 bits per heavy atom. The highest BCUT2D eigenvalue weighted by Gasteiger charge is 2.04. The lowest BCUT2D eigenvalue weighted by Crippen LogP contribution is -2.09. The molecule has 0 radical (unpaired) electrons. The topological polar surface area (TPSA) is 58.6 Å². The summed E-state index contributed by atoms with van der Waals surface area (Å²) in [7, 11) is 0. The number of rotatable bonds is 6. The van der Waals surface area contributed by atoms with Crippen LogP contribution in [0, 0.1) is 0 Å². The summed E-state index contributed by atoms with van der Waals surface area (Å²) in [5, 5.41) is 12.0. The minimum absolute atomic E-state index is 0.198. The molecule has 0 unspecified atom stereocenters. The normalized spacial score (nSPS) is 10.6. The third kappa shape index (κ3) is 4.66. The Morgan fingerprint density at radius 1 is 1.18 bits per heavy atom. The second kappa shape index (κ2) is 7.88. The van der Waals surface area contributed by atoms with Crippen molar-refractivity contribution in [3.05, 3.63) is 60.2 Å². The van der Waals surface area contributed by atoms with Gasteiger partial charge in [-0.1, -0.05) is 31.2 Å². The van der Waals surface area contributed by atoms with Gasteiger partial charge in [-0.05, 0) is 42.3 Å². The van der Waals surface area contributed by atoms with E-state index in [0.29, 0.717) is 18.0 Å². The molecule has 0 saturated heterocycles. The van der Waals surface area contributed by atoms with Crippen molar-refractivity contribution in [2.24, 2.45) is 0 Å². The lowest BCUT2D eigenvalue weighted by Gasteiger charge is -2.10. The maximum absolute atomic E-state index is 12.0. The molecule has 0 spiro atoms. The molecule has 0 atom stereocenters. The highest BCUT2D eigenvalue weighted by molar-refractivity contribution is 6.02. The second-order valence-electron chi connectivity index (χ2n) is 4.76. The van der Waals surface area contributed by atoms with Gasteiger partial charge in [-0.15, -0.1) is 0 Å². The monoisotopic (exact) mass is 297 g/mol. The predicted octanol–water partition coefficient (Wildman–Crippen LogP) is 3.83. The molecule has 0 aromatic heterocycles. The van der Waals surface area contributed by atoms with Gasteiger partial charge in [-0.3, -0.25) is 4.79 Å². The molecule has 2 rings (SSSR count). The van der Waals surface area contributed by atoms with Gasteiger partial charge in [0.15, 0.2) is 0 Å². The van der Waals surface area contributed by atoms with E-state index in [9.17, 15) is 9.90 Å². The molecular formula is C18H19NO3. The molecule has 0 aliphatic rings. The molecule has 4 heteroatoms. The third-order valence-corrected chi connectivity index (χ3v) is 2.93. The van der Waals surface area contributed by atoms with Crippen molar-refractivity contribution in [1.29, 1.82) is 0 Å². The van der Waals surface area contributed by atoms with Crippen LogP contribution in [0.5, 0.6) is 11.5 Å². The molecule has 0 aliphatic carbocycles. The summed E-state index contributed by atoms with van der Waals surface area (Å²) >= 11 is 0. The fraction of sp³-hybridized carbons (Fsp3) is 0.167. The van der Waals surface area contributed by atoms with Gasteiger partial charge < -0.3 is 15.2 Å². The van der Waals surface area contributed by atoms with Crippen LogP contribution in [0.1, 0.15) is 18.9 Å². The Labute approximate surface area is 130 Å². The number of carbonyl (C=O) groups excluding carboxylic acids is 1. The number of nitrogens with one attached hydrogen (secondary N) is 1. The number of aromatic hydroxyl groups is 1. The van der Waals surface area contributed by atoms with Crippen LogP contribution in [0.3, 0.4) is 0 Å². The van der Waals surface area contributed by atoms with Crippen molar-refractivity contribution in [1.82, 2.24) is 0 Å². The van der Waals surface area contributed by atoms with Crippen molar-refractivity contribution in [2.75, 3.05) is 11.9 Å². The van der Waals surface area contributed by atoms with Crippen LogP contribution >= 0.6 is 0 Å². The summed E-state index contributed by atoms with van der Waals surface area (Å²) < 4.78 is 5.60. The van der Waals surface area contributed by atoms with E-state index in [1.165, 1.54) is 6.08 Å². The minimum Gasteiger partial charge on any atom is -0.508 e. The molecule has 2 aromatic rings. The molecule has 0 heterocycles. The molecule has 0 bridgehead atoms. The summed E-state index contributed by atoms with van der Waals surface area (Å²) in [4.78, 5) is 12.0. The smallest absolute Gasteiger partial charge is 0.248 e. The second-order valence-corrected chi connectivity index (χ2v) is 4.76. The lowest BCUT2D eigenvalue weighted by atomic mass is 10.2. The van der Waals surface area contributed by atoms with E-state index < -0.39 is 0 Å². The predicted molar refractivity (Wildman–Crippen MR) is 88.0 cm³/mol. The van der Waals surface area contributed by atoms with Gasteiger partial charge in [0.25, 0.3) is 0 Å². The average molecular weight is 297 g/mol. The van der Waals surface area contributed by atoms with Crippen molar-refractivity contribution in [3.63, 3.8) is 0 Å². The zero-order valence-electron chi connectivity index (χ0n) is 12.5. The SMILES string of the molecule is CCCOc1ccccc1NC(=O)/C=C/c1ccc(O)cc1. The molecule has 114 valence electrons. The fourth-order valence-corrected chi connectivity index (χ4v) is 1.84. The Morgan fingerprint density at radius 3 is 2.64 bits per heavy atom. The van der Waals surface area contributed by atoms with Crippen LogP contribution < -0.4 is 10.1 Å². The van der Waals surface area contributed by atoms with Crippen molar-refractivity contribution >= 4 is 17.7 Å². The van der Waals surface area contributed by atoms with E-state index in [0.717, 1.165) is 12.0 Å². The zero-order valence-corrected chi connectivity index (χ0v) is 12.5. The Hall–Kier alpha value is -2.75. The molecule has 4 nitrogen and oxygen atoms in total. The van der Waals surface area contributed by atoms with Crippen molar-refractivity contribution in [2.45, 2.75) is 13.3 Å². The first kappa shape index (κ1) is 15.6. The summed E-state index contributed by atoms with van der Waals surface area (Å²) in [6, 6.07) is 14.0. The maximum atomic E-state index is 12.0. The summed E-state index contributed by atoms with van der Waals surface area (Å²) in [6.07, 6.45) is 4.04. The van der Waals surface area contributed by atoms with Crippen LogP contribution in [0.25, 0.3) is 6.08 Å². The minimum atomic E-state index is -0.236. The highest BCUT2D eigenvalue weighted by atomic mass is 16.5. The van der Waals surface area contributed by atoms with E-state index >= 15 is 0 Å². The van der Waals surface area contributed by atoms with Gasteiger partial charge in [0.05, 0.1) is 12.3 Å². The summed E-state index contributed by atoms with van der Waals surface area (Å²) in [5.41, 5.74) is 1.49. The lowest BCUT2D eigenvalue weighted by molar-refractivity contribution is -0.111. The number of para-hydroxylation sites is 2. The first-order valence-electron chi connectivity index (χ1n) is 7.19. The van der Waals surface area contributed by atoms with Crippen LogP contribution in [0.2, 0.25) is 0 Å². The van der Waals surface area contributed by atoms with E-state index in [1.54, 1.807) is 36.4 Å². The quantitative estimate of drug-likeness (QED) is 0.797. The molecule has 2 aromatic carbocycles. The summed E-state index contributed by atoms with van der Waals surface area (Å²) in [6.45, 7) is 2.64. The molecule has 0 fully saturated rings. The first-order chi connectivity index (χ1) is 10.7. The maximum Gasteiger partial charge on any atom is 0.248 e. The van der Waals surface area contributed by atoms with Crippen LogP contribution in [0.15, 0.2) is 54.6 Å². The Kier molecular flexibility index (Phi) is 5.60.